The van der Waals surface area contributed by atoms with Gasteiger partial charge in [-0.2, -0.15) is 5.26 Å². The van der Waals surface area contributed by atoms with Crippen LogP contribution in [-0.4, -0.2) is 17.4 Å². The Balaban J connectivity index is 2.28. The third-order valence-corrected chi connectivity index (χ3v) is 3.11. The molecule has 0 N–H and O–H groups in total. The van der Waals surface area contributed by atoms with Gasteiger partial charge in [-0.05, 0) is 31.4 Å². The second-order valence-corrected chi connectivity index (χ2v) is 4.11. The van der Waals surface area contributed by atoms with E-state index in [-0.39, 0.29) is 5.91 Å². The molecule has 1 saturated heterocycles. The molecule has 3 heteroatoms. The molecular weight excluding hydrogens is 188 g/mol. The van der Waals surface area contributed by atoms with Gasteiger partial charge in [-0.25, -0.2) is 0 Å². The molecule has 2 rings (SSSR count). The second-order valence-electron chi connectivity index (χ2n) is 4.11. The molecule has 1 unspecified atom stereocenters. The minimum absolute atomic E-state index is 0.111. The van der Waals surface area contributed by atoms with E-state index in [2.05, 4.69) is 6.07 Å². The average Bonchev–Trinajstić information content (AvgIpc) is 2.27. The summed E-state index contributed by atoms with van der Waals surface area (Å²) in [5.74, 6) is 0.488. The number of nitriles is 1. The summed E-state index contributed by atoms with van der Waals surface area (Å²) in [6.45, 7) is 2.43. The number of allylic oxidation sites excluding steroid dienone is 4. The van der Waals surface area contributed by atoms with Crippen molar-refractivity contribution < 1.29 is 4.79 Å². The largest absolute Gasteiger partial charge is 0.316 e. The molecule has 1 fully saturated rings. The van der Waals surface area contributed by atoms with Crippen LogP contribution in [0.15, 0.2) is 23.4 Å². The summed E-state index contributed by atoms with van der Waals surface area (Å²) in [4.78, 5) is 13.3. The monoisotopic (exact) mass is 202 g/mol. The molecule has 1 atom stereocenters. The first-order valence-corrected chi connectivity index (χ1v) is 5.31. The Morgan fingerprint density at radius 1 is 1.60 bits per heavy atom. The molecule has 0 spiro atoms. The van der Waals surface area contributed by atoms with Crippen molar-refractivity contribution in [2.24, 2.45) is 5.92 Å². The van der Waals surface area contributed by atoms with Crippen LogP contribution >= 0.6 is 0 Å². The lowest BCUT2D eigenvalue weighted by Gasteiger charge is -2.36. The van der Waals surface area contributed by atoms with Gasteiger partial charge in [0.15, 0.2) is 0 Å². The Morgan fingerprint density at radius 3 is 3.07 bits per heavy atom. The normalized spacial score (nSPS) is 24.8. The second kappa shape index (κ2) is 3.90. The zero-order chi connectivity index (χ0) is 10.8. The van der Waals surface area contributed by atoms with Crippen molar-refractivity contribution in [3.8, 4) is 6.07 Å². The Kier molecular flexibility index (Phi) is 2.59. The van der Waals surface area contributed by atoms with E-state index in [1.165, 1.54) is 0 Å². The minimum Gasteiger partial charge on any atom is -0.316 e. The molecule has 0 radical (unpaired) electrons. The highest BCUT2D eigenvalue weighted by Gasteiger charge is 2.29. The number of rotatable bonds is 0. The molecule has 1 aliphatic carbocycles. The van der Waals surface area contributed by atoms with Gasteiger partial charge in [-0.15, -0.1) is 0 Å². The standard InChI is InChI=1S/C12H14N2O/c1-9(15)14-6-2-3-11-7-10(8-13)4-5-12(11)14/h4-5,11H,2-3,6-7H2,1H3. The van der Waals surface area contributed by atoms with Gasteiger partial charge in [-0.3, -0.25) is 4.79 Å². The smallest absolute Gasteiger partial charge is 0.223 e. The van der Waals surface area contributed by atoms with Gasteiger partial charge in [-0.1, -0.05) is 0 Å². The van der Waals surface area contributed by atoms with Gasteiger partial charge in [0.2, 0.25) is 5.91 Å². The maximum Gasteiger partial charge on any atom is 0.223 e. The molecule has 15 heavy (non-hydrogen) atoms. The first-order chi connectivity index (χ1) is 7.22. The summed E-state index contributed by atoms with van der Waals surface area (Å²) in [6, 6.07) is 2.19. The van der Waals surface area contributed by atoms with Crippen LogP contribution in [0.4, 0.5) is 0 Å². The van der Waals surface area contributed by atoms with Crippen molar-refractivity contribution in [2.45, 2.75) is 26.2 Å². The third kappa shape index (κ3) is 1.80. The molecule has 0 aromatic rings. The maximum absolute atomic E-state index is 11.4. The minimum atomic E-state index is 0.111. The number of carbonyl (C=O) groups excluding carboxylic acids is 1. The zero-order valence-corrected chi connectivity index (χ0v) is 8.86. The molecule has 1 aliphatic heterocycles. The van der Waals surface area contributed by atoms with E-state index >= 15 is 0 Å². The summed E-state index contributed by atoms with van der Waals surface area (Å²) in [5, 5.41) is 8.83. The molecule has 78 valence electrons. The van der Waals surface area contributed by atoms with E-state index in [0.717, 1.165) is 37.1 Å². The number of amides is 1. The zero-order valence-electron chi connectivity index (χ0n) is 8.86. The fourth-order valence-electron chi connectivity index (χ4n) is 2.37. The van der Waals surface area contributed by atoms with Crippen LogP contribution in [0, 0.1) is 17.2 Å². The summed E-state index contributed by atoms with van der Waals surface area (Å²) in [5.41, 5.74) is 1.93. The summed E-state index contributed by atoms with van der Waals surface area (Å²) in [7, 11) is 0. The summed E-state index contributed by atoms with van der Waals surface area (Å²) in [6.07, 6.45) is 6.71. The lowest BCUT2D eigenvalue weighted by molar-refractivity contribution is -0.128. The van der Waals surface area contributed by atoms with Gasteiger partial charge >= 0.3 is 0 Å². The van der Waals surface area contributed by atoms with Crippen LogP contribution in [0.5, 0.6) is 0 Å². The number of hydrogen-bond donors (Lipinski definition) is 0. The first kappa shape index (κ1) is 9.97. The fourth-order valence-corrected chi connectivity index (χ4v) is 2.37. The van der Waals surface area contributed by atoms with Crippen LogP contribution in [0.25, 0.3) is 0 Å². The van der Waals surface area contributed by atoms with Crippen LogP contribution in [0.1, 0.15) is 26.2 Å². The van der Waals surface area contributed by atoms with E-state index in [9.17, 15) is 4.79 Å². The lowest BCUT2D eigenvalue weighted by Crippen LogP contribution is -2.37. The maximum atomic E-state index is 11.4. The quantitative estimate of drug-likeness (QED) is 0.603. The van der Waals surface area contributed by atoms with Crippen molar-refractivity contribution in [2.75, 3.05) is 6.54 Å². The molecule has 0 bridgehead atoms. The summed E-state index contributed by atoms with van der Waals surface area (Å²) >= 11 is 0. The van der Waals surface area contributed by atoms with Crippen LogP contribution in [0.3, 0.4) is 0 Å². The van der Waals surface area contributed by atoms with E-state index in [4.69, 9.17) is 5.26 Å². The van der Waals surface area contributed by atoms with Crippen molar-refractivity contribution >= 4 is 5.91 Å². The van der Waals surface area contributed by atoms with Crippen molar-refractivity contribution in [3.63, 3.8) is 0 Å². The predicted molar refractivity (Wildman–Crippen MR) is 56.5 cm³/mol. The van der Waals surface area contributed by atoms with Gasteiger partial charge in [0.1, 0.15) is 0 Å². The average molecular weight is 202 g/mol. The van der Waals surface area contributed by atoms with Crippen LogP contribution in [-0.2, 0) is 4.79 Å². The molecule has 3 nitrogen and oxygen atoms in total. The predicted octanol–water partition coefficient (Wildman–Crippen LogP) is 1.98. The number of carbonyl (C=O) groups is 1. The molecular formula is C12H14N2O. The highest BCUT2D eigenvalue weighted by Crippen LogP contribution is 2.34. The highest BCUT2D eigenvalue weighted by atomic mass is 16.2. The first-order valence-electron chi connectivity index (χ1n) is 5.31. The SMILES string of the molecule is CC(=O)N1CCCC2CC(C#N)=CC=C21. The van der Waals surface area contributed by atoms with Crippen molar-refractivity contribution in [3.05, 3.63) is 23.4 Å². The molecule has 2 aliphatic rings. The van der Waals surface area contributed by atoms with Crippen LogP contribution in [0.2, 0.25) is 0 Å². The topological polar surface area (TPSA) is 44.1 Å². The van der Waals surface area contributed by atoms with E-state index in [1.54, 1.807) is 6.92 Å². The number of piperidine rings is 1. The molecule has 1 heterocycles. The van der Waals surface area contributed by atoms with Gasteiger partial charge in [0, 0.05) is 30.7 Å². The Labute approximate surface area is 89.7 Å². The third-order valence-electron chi connectivity index (χ3n) is 3.11. The Hall–Kier alpha value is -1.56. The summed E-state index contributed by atoms with van der Waals surface area (Å²) < 4.78 is 0. The molecule has 1 amide bonds. The number of likely N-dealkylation sites (tertiary alicyclic amines) is 1. The Bertz CT molecular complexity index is 387. The van der Waals surface area contributed by atoms with E-state index in [0.29, 0.717) is 5.92 Å². The fraction of sp³-hybridized carbons (Fsp3) is 0.500. The number of nitrogens with zero attached hydrogens (tertiary/aromatic N) is 2. The molecule has 0 saturated carbocycles. The van der Waals surface area contributed by atoms with Gasteiger partial charge in [0.25, 0.3) is 0 Å². The molecule has 0 aromatic heterocycles. The molecule has 0 aromatic carbocycles. The van der Waals surface area contributed by atoms with Crippen LogP contribution < -0.4 is 0 Å². The number of fused-ring (bicyclic) bond motifs is 1. The van der Waals surface area contributed by atoms with Crippen molar-refractivity contribution in [1.82, 2.24) is 4.90 Å². The number of hydrogen-bond acceptors (Lipinski definition) is 2. The van der Waals surface area contributed by atoms with Gasteiger partial charge in [0.05, 0.1) is 6.07 Å². The van der Waals surface area contributed by atoms with E-state index < -0.39 is 0 Å². The van der Waals surface area contributed by atoms with Gasteiger partial charge < -0.3 is 4.90 Å². The van der Waals surface area contributed by atoms with Crippen molar-refractivity contribution in [1.29, 1.82) is 5.26 Å². The highest BCUT2D eigenvalue weighted by molar-refractivity contribution is 5.75. The Morgan fingerprint density at radius 2 is 2.40 bits per heavy atom. The lowest BCUT2D eigenvalue weighted by atomic mass is 9.84. The van der Waals surface area contributed by atoms with E-state index in [1.807, 2.05) is 17.1 Å².